The summed E-state index contributed by atoms with van der Waals surface area (Å²) in [5.74, 6) is 1.58. The van der Waals surface area contributed by atoms with E-state index in [0.29, 0.717) is 30.4 Å². The van der Waals surface area contributed by atoms with Crippen molar-refractivity contribution in [2.75, 3.05) is 0 Å². The van der Waals surface area contributed by atoms with Crippen LogP contribution < -0.4 is 4.74 Å². The molecule has 30 heavy (non-hydrogen) atoms. The monoisotopic (exact) mass is 410 g/mol. The van der Waals surface area contributed by atoms with Crippen LogP contribution in [0, 0.1) is 6.92 Å². The van der Waals surface area contributed by atoms with Crippen LogP contribution in [0.4, 0.5) is 0 Å². The zero-order valence-electron chi connectivity index (χ0n) is 17.5. The zero-order valence-corrected chi connectivity index (χ0v) is 17.5. The minimum Gasteiger partial charge on any atom is -0.487 e. The lowest BCUT2D eigenvalue weighted by atomic mass is 10.1. The zero-order chi connectivity index (χ0) is 21.3. The van der Waals surface area contributed by atoms with E-state index in [2.05, 4.69) is 9.97 Å². The molecule has 0 radical (unpaired) electrons. The third-order valence-electron chi connectivity index (χ3n) is 4.60. The molecule has 158 valence electrons. The van der Waals surface area contributed by atoms with Gasteiger partial charge in [0, 0.05) is 12.4 Å². The maximum atomic E-state index is 11.7. The molecule has 1 atom stereocenters. The average molecular weight is 410 g/mol. The highest BCUT2D eigenvalue weighted by Crippen LogP contribution is 2.22. The van der Waals surface area contributed by atoms with Crippen molar-refractivity contribution < 1.29 is 23.7 Å². The van der Waals surface area contributed by atoms with Crippen molar-refractivity contribution in [2.45, 2.75) is 52.7 Å². The minimum absolute atomic E-state index is 0.0980. The molecule has 2 heterocycles. The summed E-state index contributed by atoms with van der Waals surface area (Å²) in [6, 6.07) is 11.3. The molecule has 7 heteroatoms. The molecule has 0 aliphatic carbocycles. The third-order valence-corrected chi connectivity index (χ3v) is 4.60. The van der Waals surface area contributed by atoms with Gasteiger partial charge in [0.2, 0.25) is 5.89 Å². The number of pyridine rings is 1. The quantitative estimate of drug-likeness (QED) is 0.350. The van der Waals surface area contributed by atoms with Crippen LogP contribution in [0.1, 0.15) is 43.7 Å². The molecule has 0 fully saturated rings. The van der Waals surface area contributed by atoms with Gasteiger partial charge in [-0.1, -0.05) is 19.1 Å². The van der Waals surface area contributed by atoms with Crippen molar-refractivity contribution in [3.8, 4) is 17.2 Å². The van der Waals surface area contributed by atoms with Crippen molar-refractivity contribution in [1.82, 2.24) is 9.97 Å². The molecular formula is C23H26N2O5. The molecule has 0 aliphatic rings. The summed E-state index contributed by atoms with van der Waals surface area (Å²) in [5, 5.41) is 0. The molecule has 0 N–H and O–H groups in total. The molecule has 0 bridgehead atoms. The Morgan fingerprint density at radius 2 is 2.00 bits per heavy atom. The SMILES string of the molecule is CCC(C)OOC(=O)CCc1ccc(OCc2nc(-c3cccnc3)oc2C)cc1. The Labute approximate surface area is 175 Å². The molecule has 0 amide bonds. The molecule has 0 saturated carbocycles. The van der Waals surface area contributed by atoms with Crippen molar-refractivity contribution in [3.05, 3.63) is 65.8 Å². The molecule has 0 aliphatic heterocycles. The second-order valence-corrected chi connectivity index (χ2v) is 6.97. The Balaban J connectivity index is 1.48. The maximum Gasteiger partial charge on any atom is 0.342 e. The van der Waals surface area contributed by atoms with Gasteiger partial charge < -0.3 is 9.15 Å². The predicted molar refractivity (Wildman–Crippen MR) is 110 cm³/mol. The first kappa shape index (κ1) is 21.5. The van der Waals surface area contributed by atoms with Crippen LogP contribution in [0.25, 0.3) is 11.5 Å². The van der Waals surface area contributed by atoms with E-state index in [1.807, 2.05) is 57.2 Å². The standard InChI is InChI=1S/C23H26N2O5/c1-4-16(2)29-30-22(26)12-9-18-7-10-20(11-8-18)27-15-21-17(3)28-23(25-21)19-6-5-13-24-14-19/h5-8,10-11,13-14,16H,4,9,12,15H2,1-3H3. The lowest BCUT2D eigenvalue weighted by Crippen LogP contribution is -2.13. The highest BCUT2D eigenvalue weighted by atomic mass is 17.2. The number of nitrogens with zero attached hydrogens (tertiary/aromatic N) is 2. The van der Waals surface area contributed by atoms with Gasteiger partial charge in [0.05, 0.1) is 12.0 Å². The van der Waals surface area contributed by atoms with Gasteiger partial charge in [-0.2, -0.15) is 4.89 Å². The number of aryl methyl sites for hydroxylation is 2. The van der Waals surface area contributed by atoms with Crippen LogP contribution >= 0.6 is 0 Å². The van der Waals surface area contributed by atoms with Crippen molar-refractivity contribution in [2.24, 2.45) is 0 Å². The van der Waals surface area contributed by atoms with E-state index in [-0.39, 0.29) is 18.5 Å². The molecule has 0 saturated heterocycles. The van der Waals surface area contributed by atoms with E-state index < -0.39 is 0 Å². The fraction of sp³-hybridized carbons (Fsp3) is 0.348. The molecule has 3 aromatic rings. The van der Waals surface area contributed by atoms with Crippen LogP contribution in [-0.4, -0.2) is 22.0 Å². The molecule has 2 aromatic heterocycles. The topological polar surface area (TPSA) is 83.7 Å². The number of carbonyl (C=O) groups is 1. The molecular weight excluding hydrogens is 384 g/mol. The highest BCUT2D eigenvalue weighted by Gasteiger charge is 2.12. The number of aromatic nitrogens is 2. The van der Waals surface area contributed by atoms with E-state index in [9.17, 15) is 4.79 Å². The first-order chi connectivity index (χ1) is 14.5. The van der Waals surface area contributed by atoms with E-state index in [0.717, 1.165) is 23.2 Å². The molecule has 1 unspecified atom stereocenters. The van der Waals surface area contributed by atoms with E-state index in [4.69, 9.17) is 18.9 Å². The molecule has 1 aromatic carbocycles. The summed E-state index contributed by atoms with van der Waals surface area (Å²) < 4.78 is 11.5. The number of carbonyl (C=O) groups excluding carboxylic acids is 1. The maximum absolute atomic E-state index is 11.7. The second-order valence-electron chi connectivity index (χ2n) is 6.97. The van der Waals surface area contributed by atoms with Crippen molar-refractivity contribution in [3.63, 3.8) is 0 Å². The lowest BCUT2D eigenvalue weighted by Gasteiger charge is -2.09. The van der Waals surface area contributed by atoms with Crippen LogP contribution in [0.15, 0.2) is 53.2 Å². The number of oxazole rings is 1. The Morgan fingerprint density at radius 3 is 2.70 bits per heavy atom. The Morgan fingerprint density at radius 1 is 1.20 bits per heavy atom. The number of hydrogen-bond acceptors (Lipinski definition) is 7. The van der Waals surface area contributed by atoms with Gasteiger partial charge in [0.1, 0.15) is 29.9 Å². The smallest absolute Gasteiger partial charge is 0.342 e. The molecule has 3 rings (SSSR count). The Hall–Kier alpha value is -3.19. The van der Waals surface area contributed by atoms with E-state index >= 15 is 0 Å². The summed E-state index contributed by atoms with van der Waals surface area (Å²) in [6.07, 6.45) is 4.93. The summed E-state index contributed by atoms with van der Waals surface area (Å²) in [6.45, 7) is 5.98. The summed E-state index contributed by atoms with van der Waals surface area (Å²) in [4.78, 5) is 30.1. The van der Waals surface area contributed by atoms with Gasteiger partial charge >= 0.3 is 5.97 Å². The predicted octanol–water partition coefficient (Wildman–Crippen LogP) is 4.83. The number of ether oxygens (including phenoxy) is 1. The largest absolute Gasteiger partial charge is 0.487 e. The molecule has 7 nitrogen and oxygen atoms in total. The van der Waals surface area contributed by atoms with Gasteiger partial charge in [-0.25, -0.2) is 9.78 Å². The summed E-state index contributed by atoms with van der Waals surface area (Å²) in [5.41, 5.74) is 2.57. The van der Waals surface area contributed by atoms with Crippen molar-refractivity contribution >= 4 is 5.97 Å². The number of benzene rings is 1. The van der Waals surface area contributed by atoms with Gasteiger partial charge in [-0.15, -0.1) is 0 Å². The lowest BCUT2D eigenvalue weighted by molar-refractivity contribution is -0.294. The van der Waals surface area contributed by atoms with E-state index in [1.165, 1.54) is 0 Å². The average Bonchev–Trinajstić information content (AvgIpc) is 3.16. The minimum atomic E-state index is -0.374. The molecule has 0 spiro atoms. The summed E-state index contributed by atoms with van der Waals surface area (Å²) in [7, 11) is 0. The highest BCUT2D eigenvalue weighted by molar-refractivity contribution is 5.69. The van der Waals surface area contributed by atoms with Crippen LogP contribution in [0.3, 0.4) is 0 Å². The second kappa shape index (κ2) is 10.5. The van der Waals surface area contributed by atoms with Gasteiger partial charge in [0.15, 0.2) is 0 Å². The number of hydrogen-bond donors (Lipinski definition) is 0. The Bertz CT molecular complexity index is 938. The van der Waals surface area contributed by atoms with Gasteiger partial charge in [0.25, 0.3) is 0 Å². The van der Waals surface area contributed by atoms with Crippen LogP contribution in [0.5, 0.6) is 5.75 Å². The summed E-state index contributed by atoms with van der Waals surface area (Å²) >= 11 is 0. The fourth-order valence-corrected chi connectivity index (χ4v) is 2.57. The van der Waals surface area contributed by atoms with Gasteiger partial charge in [-0.05, 0) is 56.5 Å². The van der Waals surface area contributed by atoms with E-state index in [1.54, 1.807) is 12.4 Å². The first-order valence-electron chi connectivity index (χ1n) is 9.99. The van der Waals surface area contributed by atoms with Gasteiger partial charge in [-0.3, -0.25) is 9.87 Å². The first-order valence-corrected chi connectivity index (χ1v) is 9.99. The third kappa shape index (κ3) is 6.15. The normalized spacial score (nSPS) is 11.8. The van der Waals surface area contributed by atoms with Crippen molar-refractivity contribution in [1.29, 1.82) is 0 Å². The number of rotatable bonds is 10. The Kier molecular flexibility index (Phi) is 7.57. The fourth-order valence-electron chi connectivity index (χ4n) is 2.57. The van der Waals surface area contributed by atoms with Crippen LogP contribution in [0.2, 0.25) is 0 Å². The van der Waals surface area contributed by atoms with Crippen LogP contribution in [-0.2, 0) is 27.6 Å².